The molecule has 1 fully saturated rings. The van der Waals surface area contributed by atoms with Crippen molar-refractivity contribution in [3.63, 3.8) is 0 Å². The molecule has 0 bridgehead atoms. The van der Waals surface area contributed by atoms with Crippen molar-refractivity contribution in [2.45, 2.75) is 0 Å². The molecule has 0 atom stereocenters. The summed E-state index contributed by atoms with van der Waals surface area (Å²) in [6, 6.07) is 19.0. The number of hydrogen-bond donors (Lipinski definition) is 1. The van der Waals surface area contributed by atoms with Gasteiger partial charge in [0.05, 0.1) is 6.54 Å². The molecular weight excluding hydrogens is 274 g/mol. The van der Waals surface area contributed by atoms with Crippen LogP contribution < -0.4 is 10.6 Å². The molecule has 2 aromatic rings. The Morgan fingerprint density at radius 1 is 0.864 bits per heavy atom. The van der Waals surface area contributed by atoms with Crippen LogP contribution in [-0.4, -0.2) is 43.5 Å². The number of benzene rings is 2. The third-order valence-corrected chi connectivity index (χ3v) is 4.15. The van der Waals surface area contributed by atoms with Crippen molar-refractivity contribution >= 4 is 11.6 Å². The molecule has 0 radical (unpaired) electrons. The van der Waals surface area contributed by atoms with Crippen molar-refractivity contribution in [2.24, 2.45) is 5.73 Å². The van der Waals surface area contributed by atoms with Crippen LogP contribution in [0, 0.1) is 0 Å². The average molecular weight is 295 g/mol. The molecular formula is C18H21N3O. The highest BCUT2D eigenvalue weighted by Gasteiger charge is 2.20. The molecule has 114 valence electrons. The lowest BCUT2D eigenvalue weighted by Crippen LogP contribution is -2.50. The van der Waals surface area contributed by atoms with Gasteiger partial charge in [0.25, 0.3) is 0 Å². The Morgan fingerprint density at radius 3 is 2.05 bits per heavy atom. The quantitative estimate of drug-likeness (QED) is 0.942. The van der Waals surface area contributed by atoms with Gasteiger partial charge >= 0.3 is 0 Å². The molecule has 0 aromatic heterocycles. The molecule has 0 aliphatic carbocycles. The predicted molar refractivity (Wildman–Crippen MR) is 89.7 cm³/mol. The molecule has 3 rings (SSSR count). The second kappa shape index (κ2) is 6.62. The molecule has 1 aliphatic rings. The van der Waals surface area contributed by atoms with Gasteiger partial charge in [0.15, 0.2) is 0 Å². The first-order valence-corrected chi connectivity index (χ1v) is 7.66. The first kappa shape index (κ1) is 14.6. The van der Waals surface area contributed by atoms with Crippen LogP contribution >= 0.6 is 0 Å². The van der Waals surface area contributed by atoms with Gasteiger partial charge < -0.3 is 15.5 Å². The van der Waals surface area contributed by atoms with Crippen molar-refractivity contribution in [1.82, 2.24) is 4.90 Å². The molecule has 0 unspecified atom stereocenters. The fourth-order valence-corrected chi connectivity index (χ4v) is 2.84. The van der Waals surface area contributed by atoms with E-state index in [-0.39, 0.29) is 12.5 Å². The zero-order valence-corrected chi connectivity index (χ0v) is 12.6. The van der Waals surface area contributed by atoms with Crippen LogP contribution in [0.1, 0.15) is 0 Å². The summed E-state index contributed by atoms with van der Waals surface area (Å²) in [6.45, 7) is 3.31. The van der Waals surface area contributed by atoms with Gasteiger partial charge in [-0.1, -0.05) is 42.5 Å². The smallest absolute Gasteiger partial charge is 0.236 e. The summed E-state index contributed by atoms with van der Waals surface area (Å²) in [7, 11) is 0. The van der Waals surface area contributed by atoms with Gasteiger partial charge in [-0.05, 0) is 23.3 Å². The first-order valence-electron chi connectivity index (χ1n) is 7.66. The zero-order valence-electron chi connectivity index (χ0n) is 12.6. The zero-order chi connectivity index (χ0) is 15.4. The first-order chi connectivity index (χ1) is 10.8. The number of amides is 1. The summed E-state index contributed by atoms with van der Waals surface area (Å²) in [5.74, 6) is 0.0408. The molecule has 1 heterocycles. The van der Waals surface area contributed by atoms with E-state index < -0.39 is 0 Å². The minimum absolute atomic E-state index is 0.0408. The molecule has 1 amide bonds. The van der Waals surface area contributed by atoms with Gasteiger partial charge in [0.2, 0.25) is 5.91 Å². The van der Waals surface area contributed by atoms with E-state index in [4.69, 9.17) is 5.73 Å². The van der Waals surface area contributed by atoms with Gasteiger partial charge in [0.1, 0.15) is 0 Å². The number of hydrogen-bond acceptors (Lipinski definition) is 3. The summed E-state index contributed by atoms with van der Waals surface area (Å²) < 4.78 is 0. The van der Waals surface area contributed by atoms with Crippen LogP contribution in [0.3, 0.4) is 0 Å². The lowest BCUT2D eigenvalue weighted by molar-refractivity contribution is -0.129. The number of anilines is 1. The minimum Gasteiger partial charge on any atom is -0.368 e. The predicted octanol–water partition coefficient (Wildman–Crippen LogP) is 1.96. The fraction of sp³-hybridized carbons (Fsp3) is 0.278. The van der Waals surface area contributed by atoms with E-state index in [2.05, 4.69) is 53.4 Å². The third-order valence-electron chi connectivity index (χ3n) is 4.15. The summed E-state index contributed by atoms with van der Waals surface area (Å²) in [4.78, 5) is 15.8. The summed E-state index contributed by atoms with van der Waals surface area (Å²) >= 11 is 0. The highest BCUT2D eigenvalue weighted by Crippen LogP contribution is 2.23. The number of piperazine rings is 1. The van der Waals surface area contributed by atoms with Crippen molar-refractivity contribution in [3.8, 4) is 11.1 Å². The molecule has 1 saturated heterocycles. The van der Waals surface area contributed by atoms with E-state index in [9.17, 15) is 4.79 Å². The Kier molecular flexibility index (Phi) is 4.39. The highest BCUT2D eigenvalue weighted by atomic mass is 16.2. The number of nitrogens with zero attached hydrogens (tertiary/aromatic N) is 2. The van der Waals surface area contributed by atoms with Crippen LogP contribution in [0.5, 0.6) is 0 Å². The van der Waals surface area contributed by atoms with Crippen molar-refractivity contribution in [1.29, 1.82) is 0 Å². The number of carbonyl (C=O) groups is 1. The molecule has 0 saturated carbocycles. The SMILES string of the molecule is NCC(=O)N1CCN(c2ccc(-c3ccccc3)cc2)CC1. The third kappa shape index (κ3) is 3.12. The van der Waals surface area contributed by atoms with Crippen LogP contribution in [0.25, 0.3) is 11.1 Å². The highest BCUT2D eigenvalue weighted by molar-refractivity contribution is 5.78. The Hall–Kier alpha value is -2.33. The standard InChI is InChI=1S/C18H21N3O/c19-14-18(22)21-12-10-20(11-13-21)17-8-6-16(7-9-17)15-4-2-1-3-5-15/h1-9H,10-14,19H2. The Balaban J connectivity index is 1.66. The van der Waals surface area contributed by atoms with Crippen LogP contribution in [0.15, 0.2) is 54.6 Å². The summed E-state index contributed by atoms with van der Waals surface area (Å²) in [5, 5.41) is 0. The normalized spacial score (nSPS) is 15.0. The lowest BCUT2D eigenvalue weighted by Gasteiger charge is -2.36. The second-order valence-corrected chi connectivity index (χ2v) is 5.48. The fourth-order valence-electron chi connectivity index (χ4n) is 2.84. The maximum absolute atomic E-state index is 11.6. The number of rotatable bonds is 3. The van der Waals surface area contributed by atoms with Gasteiger partial charge in [-0.25, -0.2) is 0 Å². The number of carbonyl (C=O) groups excluding carboxylic acids is 1. The maximum Gasteiger partial charge on any atom is 0.236 e. The molecule has 0 spiro atoms. The van der Waals surface area contributed by atoms with E-state index in [1.54, 1.807) is 0 Å². The Morgan fingerprint density at radius 2 is 1.45 bits per heavy atom. The molecule has 1 aliphatic heterocycles. The Labute approximate surface area is 131 Å². The van der Waals surface area contributed by atoms with Crippen molar-refractivity contribution < 1.29 is 4.79 Å². The molecule has 22 heavy (non-hydrogen) atoms. The molecule has 4 nitrogen and oxygen atoms in total. The van der Waals surface area contributed by atoms with E-state index in [0.29, 0.717) is 0 Å². The lowest BCUT2D eigenvalue weighted by atomic mass is 10.1. The van der Waals surface area contributed by atoms with Gasteiger partial charge in [-0.15, -0.1) is 0 Å². The average Bonchev–Trinajstić information content (AvgIpc) is 2.62. The summed E-state index contributed by atoms with van der Waals surface area (Å²) in [6.07, 6.45) is 0. The van der Waals surface area contributed by atoms with E-state index in [0.717, 1.165) is 26.2 Å². The monoisotopic (exact) mass is 295 g/mol. The summed E-state index contributed by atoms with van der Waals surface area (Å²) in [5.41, 5.74) is 9.08. The molecule has 2 N–H and O–H groups in total. The van der Waals surface area contributed by atoms with Gasteiger partial charge in [-0.3, -0.25) is 4.79 Å². The maximum atomic E-state index is 11.6. The van der Waals surface area contributed by atoms with E-state index in [1.165, 1.54) is 16.8 Å². The van der Waals surface area contributed by atoms with Crippen LogP contribution in [0.2, 0.25) is 0 Å². The second-order valence-electron chi connectivity index (χ2n) is 5.48. The van der Waals surface area contributed by atoms with E-state index in [1.807, 2.05) is 11.0 Å². The van der Waals surface area contributed by atoms with Gasteiger partial charge in [0, 0.05) is 31.9 Å². The van der Waals surface area contributed by atoms with Crippen molar-refractivity contribution in [3.05, 3.63) is 54.6 Å². The molecule has 4 heteroatoms. The number of nitrogens with two attached hydrogens (primary N) is 1. The molecule has 2 aromatic carbocycles. The topological polar surface area (TPSA) is 49.6 Å². The largest absolute Gasteiger partial charge is 0.368 e. The Bertz CT molecular complexity index is 617. The van der Waals surface area contributed by atoms with Crippen molar-refractivity contribution in [2.75, 3.05) is 37.6 Å². The minimum atomic E-state index is 0.0408. The van der Waals surface area contributed by atoms with E-state index >= 15 is 0 Å². The van der Waals surface area contributed by atoms with Crippen LogP contribution in [-0.2, 0) is 4.79 Å². The van der Waals surface area contributed by atoms with Crippen LogP contribution in [0.4, 0.5) is 5.69 Å². The van der Waals surface area contributed by atoms with Gasteiger partial charge in [-0.2, -0.15) is 0 Å².